The molecule has 0 fully saturated rings. The quantitative estimate of drug-likeness (QED) is 0.456. The van der Waals surface area contributed by atoms with Crippen molar-refractivity contribution in [2.75, 3.05) is 11.4 Å². The van der Waals surface area contributed by atoms with Gasteiger partial charge in [-0.05, 0) is 31.5 Å². The number of hydrogen-bond acceptors (Lipinski definition) is 3. The van der Waals surface area contributed by atoms with E-state index in [2.05, 4.69) is 6.58 Å². The number of nitro benzene ring substituents is 1. The maximum Gasteiger partial charge on any atom is 0.292 e. The van der Waals surface area contributed by atoms with Crippen LogP contribution in [0.5, 0.6) is 0 Å². The topological polar surface area (TPSA) is 63.5 Å². The van der Waals surface area contributed by atoms with Crippen molar-refractivity contribution in [1.82, 2.24) is 0 Å². The summed E-state index contributed by atoms with van der Waals surface area (Å²) in [6.07, 6.45) is 0.574. The van der Waals surface area contributed by atoms with Crippen LogP contribution in [0.3, 0.4) is 0 Å². The number of nitrogens with zero attached hydrogens (tertiary/aromatic N) is 2. The first kappa shape index (κ1) is 16.4. The number of nitro groups is 1. The van der Waals surface area contributed by atoms with Gasteiger partial charge in [-0.3, -0.25) is 14.9 Å². The number of rotatable bonds is 6. The Morgan fingerprint density at radius 1 is 1.13 bits per heavy atom. The smallest absolute Gasteiger partial charge is 0.292 e. The van der Waals surface area contributed by atoms with E-state index in [1.165, 1.54) is 11.0 Å². The van der Waals surface area contributed by atoms with Crippen molar-refractivity contribution in [3.05, 3.63) is 82.4 Å². The molecule has 5 nitrogen and oxygen atoms in total. The van der Waals surface area contributed by atoms with Gasteiger partial charge in [0, 0.05) is 18.2 Å². The molecule has 0 aliphatic heterocycles. The Bertz CT molecular complexity index is 726. The number of carbonyl (C=O) groups is 1. The molecule has 0 bridgehead atoms. The van der Waals surface area contributed by atoms with Crippen LogP contribution < -0.4 is 4.90 Å². The first-order chi connectivity index (χ1) is 11.0. The Kier molecular flexibility index (Phi) is 5.25. The average Bonchev–Trinajstić information content (AvgIpc) is 2.55. The third-order valence-electron chi connectivity index (χ3n) is 3.40. The largest absolute Gasteiger partial charge is 0.302 e. The summed E-state index contributed by atoms with van der Waals surface area (Å²) in [5, 5.41) is 11.3. The highest BCUT2D eigenvalue weighted by molar-refractivity contribution is 6.07. The molecule has 0 aliphatic carbocycles. The summed E-state index contributed by atoms with van der Waals surface area (Å²) in [4.78, 5) is 25.1. The van der Waals surface area contributed by atoms with Crippen molar-refractivity contribution in [2.45, 2.75) is 13.3 Å². The van der Waals surface area contributed by atoms with Gasteiger partial charge in [0.15, 0.2) is 0 Å². The second-order valence-corrected chi connectivity index (χ2v) is 5.28. The molecule has 23 heavy (non-hydrogen) atoms. The monoisotopic (exact) mass is 310 g/mol. The molecule has 0 atom stereocenters. The van der Waals surface area contributed by atoms with E-state index in [0.717, 1.165) is 5.57 Å². The van der Waals surface area contributed by atoms with Crippen LogP contribution in [-0.2, 0) is 0 Å². The lowest BCUT2D eigenvalue weighted by Crippen LogP contribution is -2.32. The second-order valence-electron chi connectivity index (χ2n) is 5.28. The SMILES string of the molecule is C=C(C)CCN(C(=O)c1ccccc1)c1ccccc1[N+](=O)[O-]. The zero-order valence-electron chi connectivity index (χ0n) is 12.9. The van der Waals surface area contributed by atoms with E-state index < -0.39 is 4.92 Å². The van der Waals surface area contributed by atoms with E-state index in [1.54, 1.807) is 42.5 Å². The van der Waals surface area contributed by atoms with Gasteiger partial charge in [-0.1, -0.05) is 35.9 Å². The average molecular weight is 310 g/mol. The highest BCUT2D eigenvalue weighted by atomic mass is 16.6. The molecule has 118 valence electrons. The summed E-state index contributed by atoms with van der Waals surface area (Å²) < 4.78 is 0. The van der Waals surface area contributed by atoms with Crippen LogP contribution in [0.1, 0.15) is 23.7 Å². The van der Waals surface area contributed by atoms with Crippen molar-refractivity contribution in [2.24, 2.45) is 0 Å². The fraction of sp³-hybridized carbons (Fsp3) is 0.167. The zero-order chi connectivity index (χ0) is 16.8. The van der Waals surface area contributed by atoms with Gasteiger partial charge >= 0.3 is 0 Å². The lowest BCUT2D eigenvalue weighted by molar-refractivity contribution is -0.384. The fourth-order valence-corrected chi connectivity index (χ4v) is 2.22. The second kappa shape index (κ2) is 7.35. The number of para-hydroxylation sites is 2. The minimum atomic E-state index is -0.471. The molecule has 0 radical (unpaired) electrons. The van der Waals surface area contributed by atoms with Crippen molar-refractivity contribution >= 4 is 17.3 Å². The molecule has 0 saturated heterocycles. The van der Waals surface area contributed by atoms with Crippen LogP contribution in [0, 0.1) is 10.1 Å². The summed E-state index contributed by atoms with van der Waals surface area (Å²) >= 11 is 0. The number of anilines is 1. The van der Waals surface area contributed by atoms with Crippen LogP contribution in [0.15, 0.2) is 66.7 Å². The maximum absolute atomic E-state index is 12.8. The van der Waals surface area contributed by atoms with E-state index in [0.29, 0.717) is 24.2 Å². The predicted octanol–water partition coefficient (Wildman–Crippen LogP) is 4.21. The van der Waals surface area contributed by atoms with Gasteiger partial charge in [-0.2, -0.15) is 0 Å². The molecule has 1 amide bonds. The van der Waals surface area contributed by atoms with Crippen LogP contribution in [0.2, 0.25) is 0 Å². The summed E-state index contributed by atoms with van der Waals surface area (Å²) in [5.41, 5.74) is 1.62. The van der Waals surface area contributed by atoms with E-state index in [-0.39, 0.29) is 11.6 Å². The third-order valence-corrected chi connectivity index (χ3v) is 3.40. The maximum atomic E-state index is 12.8. The van der Waals surface area contributed by atoms with Gasteiger partial charge in [0.25, 0.3) is 11.6 Å². The molecule has 0 aliphatic rings. The molecule has 2 rings (SSSR count). The Hall–Kier alpha value is -2.95. The Morgan fingerprint density at radius 3 is 2.35 bits per heavy atom. The van der Waals surface area contributed by atoms with Crippen LogP contribution >= 0.6 is 0 Å². The Balaban J connectivity index is 2.44. The van der Waals surface area contributed by atoms with Crippen molar-refractivity contribution in [1.29, 1.82) is 0 Å². The van der Waals surface area contributed by atoms with Crippen molar-refractivity contribution in [3.63, 3.8) is 0 Å². The molecular weight excluding hydrogens is 292 g/mol. The molecule has 0 unspecified atom stereocenters. The predicted molar refractivity (Wildman–Crippen MR) is 90.6 cm³/mol. The van der Waals surface area contributed by atoms with E-state index >= 15 is 0 Å². The molecule has 0 heterocycles. The van der Waals surface area contributed by atoms with Gasteiger partial charge in [-0.15, -0.1) is 6.58 Å². The summed E-state index contributed by atoms with van der Waals surface area (Å²) in [7, 11) is 0. The van der Waals surface area contributed by atoms with Crippen molar-refractivity contribution in [3.8, 4) is 0 Å². The van der Waals surface area contributed by atoms with E-state index in [4.69, 9.17) is 0 Å². The summed E-state index contributed by atoms with van der Waals surface area (Å²) in [5.74, 6) is -0.263. The minimum absolute atomic E-state index is 0.0847. The van der Waals surface area contributed by atoms with E-state index in [1.807, 2.05) is 13.0 Å². The minimum Gasteiger partial charge on any atom is -0.302 e. The number of carbonyl (C=O) groups excluding carboxylic acids is 1. The summed E-state index contributed by atoms with van der Waals surface area (Å²) in [6.45, 7) is 6.05. The zero-order valence-corrected chi connectivity index (χ0v) is 12.9. The molecule has 0 saturated carbocycles. The molecule has 0 aromatic heterocycles. The first-order valence-electron chi connectivity index (χ1n) is 7.25. The molecule has 2 aromatic carbocycles. The molecule has 0 spiro atoms. The van der Waals surface area contributed by atoms with Crippen LogP contribution in [-0.4, -0.2) is 17.4 Å². The van der Waals surface area contributed by atoms with Gasteiger partial charge < -0.3 is 4.90 Å². The van der Waals surface area contributed by atoms with Gasteiger partial charge in [0.1, 0.15) is 5.69 Å². The normalized spacial score (nSPS) is 10.1. The number of benzene rings is 2. The lowest BCUT2D eigenvalue weighted by atomic mass is 10.1. The Morgan fingerprint density at radius 2 is 1.74 bits per heavy atom. The van der Waals surface area contributed by atoms with E-state index in [9.17, 15) is 14.9 Å². The molecule has 5 heteroatoms. The van der Waals surface area contributed by atoms with Crippen LogP contribution in [0.25, 0.3) is 0 Å². The number of amides is 1. The van der Waals surface area contributed by atoms with Gasteiger partial charge in [0.2, 0.25) is 0 Å². The summed E-state index contributed by atoms with van der Waals surface area (Å²) in [6, 6.07) is 15.0. The number of hydrogen-bond donors (Lipinski definition) is 0. The van der Waals surface area contributed by atoms with Gasteiger partial charge in [-0.25, -0.2) is 0 Å². The van der Waals surface area contributed by atoms with Crippen LogP contribution in [0.4, 0.5) is 11.4 Å². The fourth-order valence-electron chi connectivity index (χ4n) is 2.22. The van der Waals surface area contributed by atoms with Crippen molar-refractivity contribution < 1.29 is 9.72 Å². The molecular formula is C18H18N2O3. The standard InChI is InChI=1S/C18H18N2O3/c1-14(2)12-13-19(18(21)15-8-4-3-5-9-15)16-10-6-7-11-17(16)20(22)23/h3-11H,1,12-13H2,2H3. The lowest BCUT2D eigenvalue weighted by Gasteiger charge is -2.23. The highest BCUT2D eigenvalue weighted by Crippen LogP contribution is 2.29. The molecule has 0 N–H and O–H groups in total. The third kappa shape index (κ3) is 4.03. The Labute approximate surface area is 135 Å². The molecule has 2 aromatic rings. The first-order valence-corrected chi connectivity index (χ1v) is 7.25. The highest BCUT2D eigenvalue weighted by Gasteiger charge is 2.24. The van der Waals surface area contributed by atoms with Gasteiger partial charge in [0.05, 0.1) is 4.92 Å².